The van der Waals surface area contributed by atoms with Gasteiger partial charge < -0.3 is 28.4 Å². The molecule has 0 saturated heterocycles. The highest BCUT2D eigenvalue weighted by atomic mass is 16.5. The highest BCUT2D eigenvalue weighted by Gasteiger charge is 2.37. The maximum Gasteiger partial charge on any atom is 0.190 e. The molecule has 4 rings (SSSR count). The third-order valence-electron chi connectivity index (χ3n) is 6.16. The Hall–Kier alpha value is -4.13. The Bertz CT molecular complexity index is 1290. The lowest BCUT2D eigenvalue weighted by atomic mass is 9.88. The predicted molar refractivity (Wildman–Crippen MR) is 133 cm³/mol. The first-order valence-corrected chi connectivity index (χ1v) is 11.0. The van der Waals surface area contributed by atoms with Crippen LogP contribution in [0.4, 0.5) is 0 Å². The maximum atomic E-state index is 13.7. The summed E-state index contributed by atoms with van der Waals surface area (Å²) in [5.74, 6) is 2.99. The number of methoxy groups -OCH3 is 6. The van der Waals surface area contributed by atoms with Gasteiger partial charge in [-0.05, 0) is 59.2 Å². The first-order chi connectivity index (χ1) is 17.0. The second kappa shape index (κ2) is 10.0. The number of ketones is 1. The quantitative estimate of drug-likeness (QED) is 0.416. The zero-order valence-corrected chi connectivity index (χ0v) is 20.6. The minimum Gasteiger partial charge on any atom is -0.493 e. The van der Waals surface area contributed by atoms with Gasteiger partial charge in [-0.15, -0.1) is 0 Å². The summed E-state index contributed by atoms with van der Waals surface area (Å²) in [5, 5.41) is 0. The van der Waals surface area contributed by atoms with Crippen molar-refractivity contribution in [3.63, 3.8) is 0 Å². The topological polar surface area (TPSA) is 72.5 Å². The van der Waals surface area contributed by atoms with E-state index >= 15 is 0 Å². The molecule has 0 aliphatic heterocycles. The molecular formula is C28H28O7. The Balaban J connectivity index is 1.94. The number of allylic oxidation sites excluding steroid dienone is 1. The molecule has 0 saturated carbocycles. The normalized spacial score (nSPS) is 15.5. The van der Waals surface area contributed by atoms with Crippen molar-refractivity contribution in [3.8, 4) is 34.5 Å². The molecule has 0 radical (unpaired) electrons. The van der Waals surface area contributed by atoms with Gasteiger partial charge in [-0.2, -0.15) is 0 Å². The van der Waals surface area contributed by atoms with Crippen LogP contribution in [0.1, 0.15) is 33.0 Å². The van der Waals surface area contributed by atoms with E-state index in [9.17, 15) is 4.79 Å². The minimum atomic E-state index is -0.356. The zero-order valence-electron chi connectivity index (χ0n) is 20.6. The molecule has 3 aromatic rings. The molecule has 0 aromatic heterocycles. The number of hydrogen-bond acceptors (Lipinski definition) is 7. The van der Waals surface area contributed by atoms with Crippen LogP contribution in [0.3, 0.4) is 0 Å². The molecule has 1 aliphatic rings. The Morgan fingerprint density at radius 2 is 1.11 bits per heavy atom. The molecule has 35 heavy (non-hydrogen) atoms. The fourth-order valence-corrected chi connectivity index (χ4v) is 4.45. The van der Waals surface area contributed by atoms with Gasteiger partial charge in [-0.25, -0.2) is 0 Å². The Morgan fingerprint density at radius 3 is 1.71 bits per heavy atom. The molecule has 0 spiro atoms. The van der Waals surface area contributed by atoms with Gasteiger partial charge in [0.15, 0.2) is 40.3 Å². The molecule has 0 heterocycles. The summed E-state index contributed by atoms with van der Waals surface area (Å²) in [6.45, 7) is 0. The number of hydrogen-bond donors (Lipinski definition) is 0. The van der Waals surface area contributed by atoms with E-state index in [4.69, 9.17) is 28.4 Å². The Kier molecular flexibility index (Phi) is 6.87. The third-order valence-corrected chi connectivity index (χ3v) is 6.16. The smallest absolute Gasteiger partial charge is 0.190 e. The first kappa shape index (κ1) is 24.0. The molecule has 1 unspecified atom stereocenters. The van der Waals surface area contributed by atoms with E-state index in [0.717, 1.165) is 16.7 Å². The molecule has 0 amide bonds. The second-order valence-corrected chi connectivity index (χ2v) is 7.89. The number of Topliss-reactive ketones (excluding diaryl/α,β-unsaturated/α-hetero) is 1. The fraction of sp³-hybridized carbons (Fsp3) is 0.250. The van der Waals surface area contributed by atoms with Gasteiger partial charge in [-0.3, -0.25) is 4.79 Å². The lowest BCUT2D eigenvalue weighted by Gasteiger charge is -2.18. The van der Waals surface area contributed by atoms with Crippen LogP contribution in [-0.4, -0.2) is 48.4 Å². The number of ether oxygens (including phenoxy) is 6. The molecule has 7 nitrogen and oxygen atoms in total. The average molecular weight is 477 g/mol. The second-order valence-electron chi connectivity index (χ2n) is 7.89. The van der Waals surface area contributed by atoms with Crippen LogP contribution in [0.2, 0.25) is 0 Å². The van der Waals surface area contributed by atoms with Crippen molar-refractivity contribution in [2.24, 2.45) is 0 Å². The van der Waals surface area contributed by atoms with Crippen molar-refractivity contribution in [2.45, 2.75) is 5.92 Å². The van der Waals surface area contributed by atoms with Crippen molar-refractivity contribution in [1.82, 2.24) is 0 Å². The largest absolute Gasteiger partial charge is 0.493 e. The van der Waals surface area contributed by atoms with Gasteiger partial charge in [0.2, 0.25) is 0 Å². The van der Waals surface area contributed by atoms with Gasteiger partial charge >= 0.3 is 0 Å². The van der Waals surface area contributed by atoms with Crippen LogP contribution in [0.25, 0.3) is 6.08 Å². The van der Waals surface area contributed by atoms with Gasteiger partial charge in [0.05, 0.1) is 42.7 Å². The summed E-state index contributed by atoms with van der Waals surface area (Å²) in [7, 11) is 9.47. The van der Waals surface area contributed by atoms with Crippen LogP contribution >= 0.6 is 0 Å². The van der Waals surface area contributed by atoms with Crippen LogP contribution in [0.5, 0.6) is 34.5 Å². The lowest BCUT2D eigenvalue weighted by molar-refractivity contribution is 0.103. The molecule has 0 bridgehead atoms. The molecule has 0 N–H and O–H groups in total. The maximum absolute atomic E-state index is 13.7. The van der Waals surface area contributed by atoms with E-state index in [1.54, 1.807) is 48.7 Å². The highest BCUT2D eigenvalue weighted by Crippen LogP contribution is 2.48. The Morgan fingerprint density at radius 1 is 0.600 bits per heavy atom. The Labute approximate surface area is 204 Å². The van der Waals surface area contributed by atoms with Gasteiger partial charge in [0.25, 0.3) is 0 Å². The van der Waals surface area contributed by atoms with E-state index < -0.39 is 0 Å². The molecule has 0 fully saturated rings. The predicted octanol–water partition coefficient (Wildman–Crippen LogP) is 5.15. The molecule has 3 aromatic carbocycles. The molecular weight excluding hydrogens is 448 g/mol. The van der Waals surface area contributed by atoms with Gasteiger partial charge in [-0.1, -0.05) is 12.1 Å². The van der Waals surface area contributed by atoms with Crippen molar-refractivity contribution < 1.29 is 33.2 Å². The fourth-order valence-electron chi connectivity index (χ4n) is 4.45. The summed E-state index contributed by atoms with van der Waals surface area (Å²) in [6, 6.07) is 14.8. The van der Waals surface area contributed by atoms with E-state index in [1.807, 2.05) is 48.5 Å². The first-order valence-electron chi connectivity index (χ1n) is 11.0. The average Bonchev–Trinajstić information content (AvgIpc) is 3.17. The number of carbonyl (C=O) groups is 1. The molecule has 1 aliphatic carbocycles. The SMILES string of the molecule is COc1ccc(/C=C2/C(=O)c3cc(OC)c(OC)cc3C2c2ccc(OC)c(OC)c2)cc1OC. The monoisotopic (exact) mass is 476 g/mol. The summed E-state index contributed by atoms with van der Waals surface area (Å²) in [6.07, 6.45) is 1.88. The van der Waals surface area contributed by atoms with E-state index in [0.29, 0.717) is 45.6 Å². The van der Waals surface area contributed by atoms with Crippen molar-refractivity contribution in [3.05, 3.63) is 76.4 Å². The molecule has 182 valence electrons. The van der Waals surface area contributed by atoms with Crippen LogP contribution in [0, 0.1) is 0 Å². The molecule has 1 atom stereocenters. The highest BCUT2D eigenvalue weighted by molar-refractivity contribution is 6.17. The van der Waals surface area contributed by atoms with E-state index in [-0.39, 0.29) is 11.7 Å². The number of fused-ring (bicyclic) bond motifs is 1. The van der Waals surface area contributed by atoms with Crippen LogP contribution < -0.4 is 28.4 Å². The lowest BCUT2D eigenvalue weighted by Crippen LogP contribution is -2.03. The number of benzene rings is 3. The standard InChI is InChI=1S/C28H28O7/c1-30-21-9-7-16(12-23(21)32-3)11-20-27(17-8-10-22(31-2)24(13-17)33-4)18-14-25(34-5)26(35-6)15-19(18)28(20)29/h7-15,27H,1-6H3/b20-11+. The van der Waals surface area contributed by atoms with Crippen LogP contribution in [0.15, 0.2) is 54.1 Å². The number of carbonyl (C=O) groups excluding carboxylic acids is 1. The zero-order chi connectivity index (χ0) is 25.1. The number of rotatable bonds is 8. The van der Waals surface area contributed by atoms with Crippen molar-refractivity contribution in [1.29, 1.82) is 0 Å². The third kappa shape index (κ3) is 4.25. The minimum absolute atomic E-state index is 0.0875. The summed E-state index contributed by atoms with van der Waals surface area (Å²) in [4.78, 5) is 13.7. The van der Waals surface area contributed by atoms with Crippen molar-refractivity contribution >= 4 is 11.9 Å². The van der Waals surface area contributed by atoms with Gasteiger partial charge in [0.1, 0.15) is 0 Å². The van der Waals surface area contributed by atoms with Gasteiger partial charge in [0, 0.05) is 17.1 Å². The summed E-state index contributed by atoms with van der Waals surface area (Å²) < 4.78 is 32.8. The van der Waals surface area contributed by atoms with E-state index in [1.165, 1.54) is 0 Å². The molecule has 7 heteroatoms. The van der Waals surface area contributed by atoms with Crippen molar-refractivity contribution in [2.75, 3.05) is 42.7 Å². The summed E-state index contributed by atoms with van der Waals surface area (Å²) in [5.41, 5.74) is 3.69. The van der Waals surface area contributed by atoms with Crippen LogP contribution in [-0.2, 0) is 0 Å². The van der Waals surface area contributed by atoms with E-state index in [2.05, 4.69) is 0 Å². The summed E-state index contributed by atoms with van der Waals surface area (Å²) >= 11 is 0.